The largest absolute Gasteiger partial charge is 0.289 e. The molecule has 0 aliphatic heterocycles. The number of carbonyl (C=O) groups is 1. The van der Waals surface area contributed by atoms with E-state index in [1.807, 2.05) is 66.7 Å². The summed E-state index contributed by atoms with van der Waals surface area (Å²) < 4.78 is 0. The predicted molar refractivity (Wildman–Crippen MR) is 83.9 cm³/mol. The van der Waals surface area contributed by atoms with Crippen LogP contribution < -0.4 is 0 Å². The molecule has 0 saturated heterocycles. The van der Waals surface area contributed by atoms with Gasteiger partial charge in [-0.3, -0.25) is 4.79 Å². The predicted octanol–water partition coefficient (Wildman–Crippen LogP) is 4.71. The second-order valence-corrected chi connectivity index (χ2v) is 4.69. The fourth-order valence-corrected chi connectivity index (χ4v) is 2.38. The van der Waals surface area contributed by atoms with Crippen LogP contribution in [0.4, 0.5) is 0 Å². The number of carbonyl (C=O) groups excluding carboxylic acids is 1. The average Bonchev–Trinajstić information content (AvgIpc) is 2.54. The number of hydrogen-bond acceptors (Lipinski definition) is 1. The fraction of sp³-hybridized carbons (Fsp3) is 0. The summed E-state index contributed by atoms with van der Waals surface area (Å²) in [6.45, 7) is 3.80. The van der Waals surface area contributed by atoms with Crippen molar-refractivity contribution >= 4 is 22.6 Å². The van der Waals surface area contributed by atoms with Crippen molar-refractivity contribution in [2.45, 2.75) is 0 Å². The summed E-state index contributed by atoms with van der Waals surface area (Å²) >= 11 is 0. The quantitative estimate of drug-likeness (QED) is 0.621. The first kappa shape index (κ1) is 12.4. The summed E-state index contributed by atoms with van der Waals surface area (Å²) in [4.78, 5) is 12.7. The molecule has 0 saturated carbocycles. The van der Waals surface area contributed by atoms with Crippen LogP contribution in [-0.2, 0) is 0 Å². The number of ketones is 1. The second-order valence-electron chi connectivity index (χ2n) is 4.69. The maximum Gasteiger partial charge on any atom is 0.193 e. The standard InChI is InChI=1S/C19H14O/c1-2-14-12-16-10-6-7-11-17(16)18(13-14)19(20)15-8-4-3-5-9-15/h2-13H,1H2. The van der Waals surface area contributed by atoms with E-state index in [0.29, 0.717) is 5.56 Å². The van der Waals surface area contributed by atoms with Gasteiger partial charge in [0.15, 0.2) is 5.78 Å². The molecule has 0 amide bonds. The molecule has 0 bridgehead atoms. The van der Waals surface area contributed by atoms with Crippen molar-refractivity contribution in [1.82, 2.24) is 0 Å². The number of hydrogen-bond donors (Lipinski definition) is 0. The molecule has 96 valence electrons. The third-order valence-corrected chi connectivity index (χ3v) is 3.40. The van der Waals surface area contributed by atoms with E-state index in [1.165, 1.54) is 0 Å². The highest BCUT2D eigenvalue weighted by Gasteiger charge is 2.12. The van der Waals surface area contributed by atoms with Crippen molar-refractivity contribution in [3.63, 3.8) is 0 Å². The minimum absolute atomic E-state index is 0.0468. The van der Waals surface area contributed by atoms with Gasteiger partial charge in [-0.25, -0.2) is 0 Å². The number of rotatable bonds is 3. The van der Waals surface area contributed by atoms with Gasteiger partial charge in [-0.2, -0.15) is 0 Å². The van der Waals surface area contributed by atoms with Crippen molar-refractivity contribution < 1.29 is 4.79 Å². The van der Waals surface area contributed by atoms with Gasteiger partial charge in [0, 0.05) is 11.1 Å². The van der Waals surface area contributed by atoms with E-state index in [0.717, 1.165) is 21.9 Å². The molecule has 0 radical (unpaired) electrons. The zero-order valence-corrected chi connectivity index (χ0v) is 11.0. The van der Waals surface area contributed by atoms with Gasteiger partial charge in [0.2, 0.25) is 0 Å². The van der Waals surface area contributed by atoms with E-state index < -0.39 is 0 Å². The molecule has 0 heterocycles. The highest BCUT2D eigenvalue weighted by atomic mass is 16.1. The summed E-state index contributed by atoms with van der Waals surface area (Å²) in [6, 6.07) is 21.3. The average molecular weight is 258 g/mol. The molecule has 0 atom stereocenters. The Morgan fingerprint density at radius 1 is 0.900 bits per heavy atom. The lowest BCUT2D eigenvalue weighted by Gasteiger charge is -2.08. The van der Waals surface area contributed by atoms with E-state index in [-0.39, 0.29) is 5.78 Å². The monoisotopic (exact) mass is 258 g/mol. The molecule has 0 spiro atoms. The molecular weight excluding hydrogens is 244 g/mol. The zero-order chi connectivity index (χ0) is 13.9. The lowest BCUT2D eigenvalue weighted by molar-refractivity contribution is 0.104. The third kappa shape index (κ3) is 2.14. The molecule has 20 heavy (non-hydrogen) atoms. The SMILES string of the molecule is C=Cc1cc(C(=O)c2ccccc2)c2ccccc2c1. The third-order valence-electron chi connectivity index (χ3n) is 3.40. The molecule has 0 aromatic heterocycles. The zero-order valence-electron chi connectivity index (χ0n) is 11.0. The summed E-state index contributed by atoms with van der Waals surface area (Å²) in [6.07, 6.45) is 1.77. The van der Waals surface area contributed by atoms with E-state index in [2.05, 4.69) is 6.58 Å². The molecule has 0 aliphatic carbocycles. The Bertz CT molecular complexity index is 785. The highest BCUT2D eigenvalue weighted by molar-refractivity contribution is 6.16. The first-order chi connectivity index (χ1) is 9.79. The summed E-state index contributed by atoms with van der Waals surface area (Å²) in [5.74, 6) is 0.0468. The molecule has 3 aromatic carbocycles. The maximum absolute atomic E-state index is 12.7. The van der Waals surface area contributed by atoms with E-state index in [9.17, 15) is 4.79 Å². The van der Waals surface area contributed by atoms with Crippen LogP contribution in [0.15, 0.2) is 73.3 Å². The first-order valence-corrected chi connectivity index (χ1v) is 6.54. The molecule has 1 heteroatoms. The lowest BCUT2D eigenvalue weighted by atomic mass is 9.95. The van der Waals surface area contributed by atoms with Crippen molar-refractivity contribution in [2.75, 3.05) is 0 Å². The van der Waals surface area contributed by atoms with Crippen LogP contribution in [0, 0.1) is 0 Å². The Balaban J connectivity index is 2.25. The van der Waals surface area contributed by atoms with Gasteiger partial charge in [0.1, 0.15) is 0 Å². The molecule has 3 rings (SSSR count). The normalized spacial score (nSPS) is 10.4. The van der Waals surface area contributed by atoms with Crippen molar-refractivity contribution in [2.24, 2.45) is 0 Å². The molecule has 0 unspecified atom stereocenters. The Morgan fingerprint density at radius 2 is 1.60 bits per heavy atom. The highest BCUT2D eigenvalue weighted by Crippen LogP contribution is 2.24. The Hall–Kier alpha value is -2.67. The Labute approximate surface area is 118 Å². The van der Waals surface area contributed by atoms with Crippen LogP contribution in [0.25, 0.3) is 16.8 Å². The van der Waals surface area contributed by atoms with Crippen LogP contribution in [0.3, 0.4) is 0 Å². The summed E-state index contributed by atoms with van der Waals surface area (Å²) in [5.41, 5.74) is 2.39. The molecule has 1 nitrogen and oxygen atoms in total. The molecule has 0 N–H and O–H groups in total. The Morgan fingerprint density at radius 3 is 2.35 bits per heavy atom. The lowest BCUT2D eigenvalue weighted by Crippen LogP contribution is -2.02. The summed E-state index contributed by atoms with van der Waals surface area (Å²) in [5, 5.41) is 2.04. The van der Waals surface area contributed by atoms with Gasteiger partial charge < -0.3 is 0 Å². The minimum Gasteiger partial charge on any atom is -0.289 e. The van der Waals surface area contributed by atoms with Gasteiger partial charge in [-0.15, -0.1) is 0 Å². The first-order valence-electron chi connectivity index (χ1n) is 6.54. The molecular formula is C19H14O. The van der Waals surface area contributed by atoms with Crippen molar-refractivity contribution in [1.29, 1.82) is 0 Å². The van der Waals surface area contributed by atoms with Gasteiger partial charge in [-0.05, 0) is 28.5 Å². The Kier molecular flexibility index (Phi) is 3.18. The maximum atomic E-state index is 12.7. The second kappa shape index (κ2) is 5.14. The topological polar surface area (TPSA) is 17.1 Å². The number of benzene rings is 3. The molecule has 0 fully saturated rings. The summed E-state index contributed by atoms with van der Waals surface area (Å²) in [7, 11) is 0. The smallest absolute Gasteiger partial charge is 0.193 e. The molecule has 0 aliphatic rings. The van der Waals surface area contributed by atoms with Gasteiger partial charge >= 0.3 is 0 Å². The van der Waals surface area contributed by atoms with Crippen LogP contribution in [-0.4, -0.2) is 5.78 Å². The van der Waals surface area contributed by atoms with Crippen LogP contribution in [0.2, 0.25) is 0 Å². The van der Waals surface area contributed by atoms with Crippen LogP contribution in [0.5, 0.6) is 0 Å². The van der Waals surface area contributed by atoms with Gasteiger partial charge in [0.25, 0.3) is 0 Å². The van der Waals surface area contributed by atoms with E-state index >= 15 is 0 Å². The van der Waals surface area contributed by atoms with E-state index in [1.54, 1.807) is 6.08 Å². The minimum atomic E-state index is 0.0468. The van der Waals surface area contributed by atoms with Crippen molar-refractivity contribution in [3.05, 3.63) is 90.0 Å². The van der Waals surface area contributed by atoms with Crippen molar-refractivity contribution in [3.8, 4) is 0 Å². The molecule has 3 aromatic rings. The van der Waals surface area contributed by atoms with Crippen LogP contribution in [0.1, 0.15) is 21.5 Å². The van der Waals surface area contributed by atoms with Crippen LogP contribution >= 0.6 is 0 Å². The fourth-order valence-electron chi connectivity index (χ4n) is 2.38. The van der Waals surface area contributed by atoms with Gasteiger partial charge in [-0.1, -0.05) is 67.3 Å². The van der Waals surface area contributed by atoms with Gasteiger partial charge in [0.05, 0.1) is 0 Å². The van der Waals surface area contributed by atoms with E-state index in [4.69, 9.17) is 0 Å². The number of fused-ring (bicyclic) bond motifs is 1.